The van der Waals surface area contributed by atoms with Gasteiger partial charge in [0.1, 0.15) is 12.4 Å². The molecule has 4 nitrogen and oxygen atoms in total. The van der Waals surface area contributed by atoms with E-state index in [1.165, 1.54) is 6.26 Å². The molecule has 1 aliphatic heterocycles. The zero-order valence-corrected chi connectivity index (χ0v) is 6.53. The molecule has 0 bridgehead atoms. The van der Waals surface area contributed by atoms with Gasteiger partial charge in [-0.05, 0) is 6.07 Å². The van der Waals surface area contributed by atoms with Gasteiger partial charge in [0, 0.05) is 0 Å². The number of hydrogen-bond acceptors (Lipinski definition) is 4. The maximum Gasteiger partial charge on any atom is 0.187 e. The first-order valence-corrected chi connectivity index (χ1v) is 3.82. The molecule has 12 heavy (non-hydrogen) atoms. The highest BCUT2D eigenvalue weighted by atomic mass is 16.7. The predicted octanol–water partition coefficient (Wildman–Crippen LogP) is 0.817. The Bertz CT molecular complexity index is 249. The number of aliphatic hydroxyl groups excluding tert-OH is 1. The molecule has 0 atom stereocenters. The maximum atomic E-state index is 8.86. The molecule has 66 valence electrons. The van der Waals surface area contributed by atoms with E-state index in [2.05, 4.69) is 0 Å². The van der Waals surface area contributed by atoms with E-state index in [4.69, 9.17) is 19.0 Å². The SMILES string of the molecule is OCc1occc1C1OCCO1. The monoisotopic (exact) mass is 170 g/mol. The smallest absolute Gasteiger partial charge is 0.187 e. The van der Waals surface area contributed by atoms with Gasteiger partial charge in [-0.2, -0.15) is 0 Å². The highest BCUT2D eigenvalue weighted by Crippen LogP contribution is 2.26. The number of furan rings is 1. The van der Waals surface area contributed by atoms with Crippen molar-refractivity contribution in [3.05, 3.63) is 23.7 Å². The van der Waals surface area contributed by atoms with Crippen LogP contribution in [0.1, 0.15) is 17.6 Å². The molecule has 0 spiro atoms. The summed E-state index contributed by atoms with van der Waals surface area (Å²) in [6, 6.07) is 1.75. The Morgan fingerprint density at radius 1 is 1.42 bits per heavy atom. The molecule has 1 aromatic rings. The van der Waals surface area contributed by atoms with E-state index in [0.717, 1.165) is 5.56 Å². The Balaban J connectivity index is 2.19. The lowest BCUT2D eigenvalue weighted by Crippen LogP contribution is -1.99. The van der Waals surface area contributed by atoms with Crippen LogP contribution in [0, 0.1) is 0 Å². The first kappa shape index (κ1) is 7.79. The van der Waals surface area contributed by atoms with Crippen LogP contribution in [0.4, 0.5) is 0 Å². The minimum atomic E-state index is -0.356. The molecule has 0 aromatic carbocycles. The van der Waals surface area contributed by atoms with E-state index >= 15 is 0 Å². The molecule has 2 heterocycles. The van der Waals surface area contributed by atoms with E-state index < -0.39 is 0 Å². The van der Waals surface area contributed by atoms with Crippen LogP contribution in [-0.4, -0.2) is 18.3 Å². The summed E-state index contributed by atoms with van der Waals surface area (Å²) in [6.45, 7) is 1.08. The molecule has 2 rings (SSSR count). The van der Waals surface area contributed by atoms with Crippen molar-refractivity contribution in [2.24, 2.45) is 0 Å². The minimum Gasteiger partial charge on any atom is -0.466 e. The first-order chi connectivity index (χ1) is 5.92. The summed E-state index contributed by atoms with van der Waals surface area (Å²) in [6.07, 6.45) is 1.16. The van der Waals surface area contributed by atoms with Gasteiger partial charge in [-0.15, -0.1) is 0 Å². The Hall–Kier alpha value is -0.840. The van der Waals surface area contributed by atoms with Crippen molar-refractivity contribution in [3.63, 3.8) is 0 Å². The number of aliphatic hydroxyl groups is 1. The lowest BCUT2D eigenvalue weighted by atomic mass is 10.2. The number of rotatable bonds is 2. The summed E-state index contributed by atoms with van der Waals surface area (Å²) in [7, 11) is 0. The van der Waals surface area contributed by atoms with Gasteiger partial charge in [0.05, 0.1) is 25.0 Å². The van der Waals surface area contributed by atoms with Gasteiger partial charge in [-0.3, -0.25) is 0 Å². The Morgan fingerprint density at radius 3 is 2.83 bits per heavy atom. The molecule has 0 unspecified atom stereocenters. The van der Waals surface area contributed by atoms with Crippen LogP contribution in [0.25, 0.3) is 0 Å². The van der Waals surface area contributed by atoms with Gasteiger partial charge >= 0.3 is 0 Å². The second-order valence-corrected chi connectivity index (χ2v) is 2.53. The molecule has 1 saturated heterocycles. The van der Waals surface area contributed by atoms with E-state index in [9.17, 15) is 0 Å². The largest absolute Gasteiger partial charge is 0.466 e. The average molecular weight is 170 g/mol. The van der Waals surface area contributed by atoms with Gasteiger partial charge in [0.2, 0.25) is 0 Å². The average Bonchev–Trinajstić information content (AvgIpc) is 2.74. The van der Waals surface area contributed by atoms with Crippen molar-refractivity contribution in [2.45, 2.75) is 12.9 Å². The fourth-order valence-corrected chi connectivity index (χ4v) is 1.23. The third kappa shape index (κ3) is 1.24. The summed E-state index contributed by atoms with van der Waals surface area (Å²) in [4.78, 5) is 0. The van der Waals surface area contributed by atoms with E-state index in [-0.39, 0.29) is 12.9 Å². The summed E-state index contributed by atoms with van der Waals surface area (Å²) < 4.78 is 15.5. The van der Waals surface area contributed by atoms with Gasteiger partial charge < -0.3 is 19.0 Å². The fourth-order valence-electron chi connectivity index (χ4n) is 1.23. The van der Waals surface area contributed by atoms with Crippen LogP contribution >= 0.6 is 0 Å². The van der Waals surface area contributed by atoms with Gasteiger partial charge in [-0.1, -0.05) is 0 Å². The van der Waals surface area contributed by atoms with Crippen LogP contribution in [0.3, 0.4) is 0 Å². The normalized spacial score (nSPS) is 18.8. The summed E-state index contributed by atoms with van der Waals surface area (Å²) >= 11 is 0. The van der Waals surface area contributed by atoms with Crippen molar-refractivity contribution in [2.75, 3.05) is 13.2 Å². The van der Waals surface area contributed by atoms with Crippen LogP contribution in [0.5, 0.6) is 0 Å². The van der Waals surface area contributed by atoms with Crippen LogP contribution in [0.15, 0.2) is 16.7 Å². The van der Waals surface area contributed by atoms with Crippen molar-refractivity contribution in [3.8, 4) is 0 Å². The molecule has 1 aromatic heterocycles. The number of ether oxygens (including phenoxy) is 2. The minimum absolute atomic E-state index is 0.119. The Kier molecular flexibility index (Phi) is 2.12. The van der Waals surface area contributed by atoms with Crippen LogP contribution in [0.2, 0.25) is 0 Å². The van der Waals surface area contributed by atoms with E-state index in [1.807, 2.05) is 0 Å². The lowest BCUT2D eigenvalue weighted by molar-refractivity contribution is -0.0460. The summed E-state index contributed by atoms with van der Waals surface area (Å²) in [5.41, 5.74) is 0.787. The summed E-state index contributed by atoms with van der Waals surface area (Å²) in [5.74, 6) is 0.516. The standard InChI is InChI=1S/C8H10O4/c9-5-7-6(1-2-10-7)8-11-3-4-12-8/h1-2,8-9H,3-5H2. The van der Waals surface area contributed by atoms with Gasteiger partial charge in [0.25, 0.3) is 0 Å². The molecule has 0 amide bonds. The zero-order valence-electron chi connectivity index (χ0n) is 6.53. The molecule has 1 aliphatic rings. The number of hydrogen-bond donors (Lipinski definition) is 1. The second-order valence-electron chi connectivity index (χ2n) is 2.53. The molecule has 1 N–H and O–H groups in total. The molecular formula is C8H10O4. The van der Waals surface area contributed by atoms with Gasteiger partial charge in [0.15, 0.2) is 6.29 Å². The molecule has 0 saturated carbocycles. The van der Waals surface area contributed by atoms with E-state index in [1.54, 1.807) is 6.07 Å². The van der Waals surface area contributed by atoms with Crippen molar-refractivity contribution in [1.29, 1.82) is 0 Å². The predicted molar refractivity (Wildman–Crippen MR) is 39.3 cm³/mol. The topological polar surface area (TPSA) is 51.8 Å². The molecule has 1 fully saturated rings. The van der Waals surface area contributed by atoms with E-state index in [0.29, 0.717) is 19.0 Å². The van der Waals surface area contributed by atoms with Crippen LogP contribution in [-0.2, 0) is 16.1 Å². The lowest BCUT2D eigenvalue weighted by Gasteiger charge is -2.06. The quantitative estimate of drug-likeness (QED) is 0.713. The summed E-state index contributed by atoms with van der Waals surface area (Å²) in [5, 5.41) is 8.86. The highest BCUT2D eigenvalue weighted by Gasteiger charge is 2.22. The van der Waals surface area contributed by atoms with Crippen LogP contribution < -0.4 is 0 Å². The van der Waals surface area contributed by atoms with Crippen molar-refractivity contribution in [1.82, 2.24) is 0 Å². The third-order valence-electron chi connectivity index (χ3n) is 1.80. The molecule has 0 radical (unpaired) electrons. The fraction of sp³-hybridized carbons (Fsp3) is 0.500. The second kappa shape index (κ2) is 3.26. The maximum absolute atomic E-state index is 8.86. The molecule has 4 heteroatoms. The Labute approximate surface area is 69.7 Å². The Morgan fingerprint density at radius 2 is 2.17 bits per heavy atom. The molecular weight excluding hydrogens is 160 g/mol. The molecule has 0 aliphatic carbocycles. The first-order valence-electron chi connectivity index (χ1n) is 3.82. The zero-order chi connectivity index (χ0) is 8.39. The third-order valence-corrected chi connectivity index (χ3v) is 1.80. The van der Waals surface area contributed by atoms with Crippen molar-refractivity contribution < 1.29 is 19.0 Å². The highest BCUT2D eigenvalue weighted by molar-refractivity contribution is 5.18. The van der Waals surface area contributed by atoms with Crippen molar-refractivity contribution >= 4 is 0 Å². The van der Waals surface area contributed by atoms with Gasteiger partial charge in [-0.25, -0.2) is 0 Å².